The fourth-order valence-corrected chi connectivity index (χ4v) is 1.62. The Bertz CT molecular complexity index is 476. The van der Waals surface area contributed by atoms with Crippen molar-refractivity contribution in [1.82, 2.24) is 19.9 Å². The fourth-order valence-electron chi connectivity index (χ4n) is 1.62. The predicted octanol–water partition coefficient (Wildman–Crippen LogP) is 1.31. The number of rotatable bonds is 5. The van der Waals surface area contributed by atoms with Gasteiger partial charge in [-0.05, 0) is 25.5 Å². The van der Waals surface area contributed by atoms with Gasteiger partial charge >= 0.3 is 0 Å². The first-order valence-electron chi connectivity index (χ1n) is 5.74. The van der Waals surface area contributed by atoms with Gasteiger partial charge in [-0.25, -0.2) is 0 Å². The molecule has 17 heavy (non-hydrogen) atoms. The average molecular weight is 235 g/mol. The van der Waals surface area contributed by atoms with Gasteiger partial charge in [0.2, 0.25) is 11.7 Å². The van der Waals surface area contributed by atoms with Crippen molar-refractivity contribution in [3.8, 4) is 11.5 Å². The Morgan fingerprint density at radius 1 is 1.53 bits per heavy atom. The first kappa shape index (κ1) is 11.8. The van der Waals surface area contributed by atoms with E-state index in [1.54, 1.807) is 4.68 Å². The first-order valence-corrected chi connectivity index (χ1v) is 5.74. The minimum absolute atomic E-state index is 0.239. The van der Waals surface area contributed by atoms with Crippen LogP contribution in [0.25, 0.3) is 11.5 Å². The second-order valence-corrected chi connectivity index (χ2v) is 4.16. The van der Waals surface area contributed by atoms with E-state index < -0.39 is 0 Å². The summed E-state index contributed by atoms with van der Waals surface area (Å²) in [7, 11) is 1.86. The lowest BCUT2D eigenvalue weighted by atomic mass is 10.1. The van der Waals surface area contributed by atoms with Gasteiger partial charge in [-0.1, -0.05) is 12.1 Å². The third-order valence-corrected chi connectivity index (χ3v) is 2.65. The van der Waals surface area contributed by atoms with Crippen molar-refractivity contribution in [3.63, 3.8) is 0 Å². The molecule has 1 atom stereocenters. The van der Waals surface area contributed by atoms with Gasteiger partial charge in [0.1, 0.15) is 5.69 Å². The van der Waals surface area contributed by atoms with Gasteiger partial charge in [0, 0.05) is 19.2 Å². The van der Waals surface area contributed by atoms with Crippen molar-refractivity contribution in [3.05, 3.63) is 18.2 Å². The summed E-state index contributed by atoms with van der Waals surface area (Å²) in [5, 5.41) is 8.16. The van der Waals surface area contributed by atoms with Gasteiger partial charge < -0.3 is 10.3 Å². The maximum Gasteiger partial charge on any atom is 0.229 e. The molecular weight excluding hydrogens is 218 g/mol. The van der Waals surface area contributed by atoms with Gasteiger partial charge in [0.25, 0.3) is 0 Å². The zero-order chi connectivity index (χ0) is 12.3. The fraction of sp³-hybridized carbons (Fsp3) is 0.545. The summed E-state index contributed by atoms with van der Waals surface area (Å²) >= 11 is 0. The van der Waals surface area contributed by atoms with Gasteiger partial charge in [-0.15, -0.1) is 0 Å². The SMILES string of the molecule is CC(CCCN)c1nc(-c2ccn(C)n2)no1. The molecule has 0 saturated heterocycles. The van der Waals surface area contributed by atoms with Crippen LogP contribution < -0.4 is 5.73 Å². The van der Waals surface area contributed by atoms with Gasteiger partial charge in [0.15, 0.2) is 0 Å². The topological polar surface area (TPSA) is 82.8 Å². The van der Waals surface area contributed by atoms with Crippen LogP contribution in [-0.4, -0.2) is 26.5 Å². The predicted molar refractivity (Wildman–Crippen MR) is 63.2 cm³/mol. The summed E-state index contributed by atoms with van der Waals surface area (Å²) in [5.74, 6) is 1.43. The largest absolute Gasteiger partial charge is 0.339 e. The molecule has 2 aromatic rings. The quantitative estimate of drug-likeness (QED) is 0.844. The van der Waals surface area contributed by atoms with E-state index in [1.165, 1.54) is 0 Å². The molecule has 0 aromatic carbocycles. The highest BCUT2D eigenvalue weighted by molar-refractivity contribution is 5.46. The van der Waals surface area contributed by atoms with Crippen LogP contribution in [0, 0.1) is 0 Å². The molecule has 0 bridgehead atoms. The summed E-state index contributed by atoms with van der Waals surface area (Å²) in [5.41, 5.74) is 6.20. The molecule has 0 saturated carbocycles. The molecule has 0 amide bonds. The smallest absolute Gasteiger partial charge is 0.229 e. The Labute approximate surface area is 99.8 Å². The number of aryl methyl sites for hydroxylation is 1. The summed E-state index contributed by atoms with van der Waals surface area (Å²) < 4.78 is 6.95. The van der Waals surface area contributed by atoms with Gasteiger partial charge in [-0.2, -0.15) is 10.1 Å². The van der Waals surface area contributed by atoms with Crippen molar-refractivity contribution in [2.24, 2.45) is 12.8 Å². The maximum atomic E-state index is 5.47. The molecular formula is C11H17N5O. The average Bonchev–Trinajstić information content (AvgIpc) is 2.93. The van der Waals surface area contributed by atoms with Gasteiger partial charge in [0.05, 0.1) is 0 Å². The minimum atomic E-state index is 0.239. The zero-order valence-corrected chi connectivity index (χ0v) is 10.1. The molecule has 0 spiro atoms. The van der Waals surface area contributed by atoms with Crippen LogP contribution >= 0.6 is 0 Å². The minimum Gasteiger partial charge on any atom is -0.339 e. The summed E-state index contributed by atoms with van der Waals surface area (Å²) in [6.07, 6.45) is 3.77. The van der Waals surface area contributed by atoms with Crippen LogP contribution in [-0.2, 0) is 7.05 Å². The highest BCUT2D eigenvalue weighted by atomic mass is 16.5. The molecule has 1 unspecified atom stereocenters. The second kappa shape index (κ2) is 5.09. The molecule has 0 aliphatic carbocycles. The van der Waals surface area contributed by atoms with E-state index in [1.807, 2.05) is 19.3 Å². The lowest BCUT2D eigenvalue weighted by molar-refractivity contribution is 0.352. The number of hydrogen-bond donors (Lipinski definition) is 1. The molecule has 2 rings (SSSR count). The second-order valence-electron chi connectivity index (χ2n) is 4.16. The van der Waals surface area contributed by atoms with E-state index in [0.29, 0.717) is 18.3 Å². The number of aromatic nitrogens is 4. The van der Waals surface area contributed by atoms with Crippen LogP contribution in [0.2, 0.25) is 0 Å². The Balaban J connectivity index is 2.10. The van der Waals surface area contributed by atoms with E-state index in [2.05, 4.69) is 22.2 Å². The molecule has 0 radical (unpaired) electrons. The Hall–Kier alpha value is -1.69. The molecule has 0 aliphatic rings. The Morgan fingerprint density at radius 2 is 2.35 bits per heavy atom. The summed E-state index contributed by atoms with van der Waals surface area (Å²) in [6.45, 7) is 2.75. The molecule has 92 valence electrons. The lowest BCUT2D eigenvalue weighted by Crippen LogP contribution is -2.02. The molecule has 2 N–H and O–H groups in total. The van der Waals surface area contributed by atoms with Crippen LogP contribution in [0.3, 0.4) is 0 Å². The van der Waals surface area contributed by atoms with Gasteiger partial charge in [-0.3, -0.25) is 4.68 Å². The van der Waals surface area contributed by atoms with E-state index in [-0.39, 0.29) is 5.92 Å². The zero-order valence-electron chi connectivity index (χ0n) is 10.1. The molecule has 6 nitrogen and oxygen atoms in total. The standard InChI is InChI=1S/C11H17N5O/c1-8(4-3-6-12)11-13-10(15-17-11)9-5-7-16(2)14-9/h5,7-8H,3-4,6,12H2,1-2H3. The highest BCUT2D eigenvalue weighted by Gasteiger charge is 2.15. The lowest BCUT2D eigenvalue weighted by Gasteiger charge is -2.03. The summed E-state index contributed by atoms with van der Waals surface area (Å²) in [4.78, 5) is 4.35. The molecule has 2 aromatic heterocycles. The normalized spacial score (nSPS) is 12.9. The van der Waals surface area contributed by atoms with E-state index in [4.69, 9.17) is 10.3 Å². The van der Waals surface area contributed by atoms with Crippen molar-refractivity contribution >= 4 is 0 Å². The third-order valence-electron chi connectivity index (χ3n) is 2.65. The van der Waals surface area contributed by atoms with Crippen molar-refractivity contribution in [2.75, 3.05) is 6.54 Å². The molecule has 6 heteroatoms. The molecule has 0 fully saturated rings. The van der Waals surface area contributed by atoms with Crippen LogP contribution in [0.5, 0.6) is 0 Å². The van der Waals surface area contributed by atoms with Crippen LogP contribution in [0.1, 0.15) is 31.6 Å². The molecule has 2 heterocycles. The van der Waals surface area contributed by atoms with E-state index in [9.17, 15) is 0 Å². The van der Waals surface area contributed by atoms with Crippen LogP contribution in [0.15, 0.2) is 16.8 Å². The highest BCUT2D eigenvalue weighted by Crippen LogP contribution is 2.21. The van der Waals surface area contributed by atoms with Crippen molar-refractivity contribution in [1.29, 1.82) is 0 Å². The summed E-state index contributed by atoms with van der Waals surface area (Å²) in [6, 6.07) is 1.86. The first-order chi connectivity index (χ1) is 8.20. The van der Waals surface area contributed by atoms with Crippen LogP contribution in [0.4, 0.5) is 0 Å². The molecule has 0 aliphatic heterocycles. The van der Waals surface area contributed by atoms with E-state index in [0.717, 1.165) is 18.5 Å². The monoisotopic (exact) mass is 235 g/mol. The van der Waals surface area contributed by atoms with E-state index >= 15 is 0 Å². The Kier molecular flexibility index (Phi) is 3.53. The third kappa shape index (κ3) is 2.71. The van der Waals surface area contributed by atoms with Crippen molar-refractivity contribution < 1.29 is 4.52 Å². The number of hydrogen-bond acceptors (Lipinski definition) is 5. The number of nitrogens with zero attached hydrogens (tertiary/aromatic N) is 4. The number of nitrogens with two attached hydrogens (primary N) is 1. The maximum absolute atomic E-state index is 5.47. The Morgan fingerprint density at radius 3 is 3.00 bits per heavy atom. The van der Waals surface area contributed by atoms with Crippen molar-refractivity contribution in [2.45, 2.75) is 25.7 Å².